The van der Waals surface area contributed by atoms with Gasteiger partial charge in [0.15, 0.2) is 5.66 Å². The van der Waals surface area contributed by atoms with Crippen molar-refractivity contribution in [1.29, 1.82) is 0 Å². The third-order valence-electron chi connectivity index (χ3n) is 4.92. The maximum atomic E-state index is 5.90. The number of aryl methyl sites for hydroxylation is 1. The number of allylic oxidation sites excluding steroid dienone is 2. The molecule has 2 aliphatic rings. The van der Waals surface area contributed by atoms with Crippen LogP contribution in [-0.2, 0) is 5.66 Å². The zero-order valence-corrected chi connectivity index (χ0v) is 14.9. The summed E-state index contributed by atoms with van der Waals surface area (Å²) in [5.74, 6) is 0.525. The highest BCUT2D eigenvalue weighted by molar-refractivity contribution is 5.74. The van der Waals surface area contributed by atoms with E-state index in [1.165, 1.54) is 5.56 Å². The second kappa shape index (κ2) is 6.90. The molecule has 134 valence electrons. The summed E-state index contributed by atoms with van der Waals surface area (Å²) in [4.78, 5) is 11.6. The van der Waals surface area contributed by atoms with E-state index in [9.17, 15) is 0 Å². The van der Waals surface area contributed by atoms with Crippen molar-refractivity contribution in [3.63, 3.8) is 0 Å². The van der Waals surface area contributed by atoms with Gasteiger partial charge in [-0.2, -0.15) is 0 Å². The third kappa shape index (κ3) is 3.09. The summed E-state index contributed by atoms with van der Waals surface area (Å²) in [5.41, 5.74) is 9.50. The van der Waals surface area contributed by atoms with Gasteiger partial charge in [0.2, 0.25) is 0 Å². The van der Waals surface area contributed by atoms with E-state index in [0.717, 1.165) is 43.1 Å². The van der Waals surface area contributed by atoms with Gasteiger partial charge < -0.3 is 16.4 Å². The fourth-order valence-electron chi connectivity index (χ4n) is 3.60. The molecule has 0 amide bonds. The molecule has 26 heavy (non-hydrogen) atoms. The molecule has 2 aromatic heterocycles. The highest BCUT2D eigenvalue weighted by atomic mass is 15.3. The molecule has 0 aromatic carbocycles. The lowest BCUT2D eigenvalue weighted by atomic mass is 9.93. The van der Waals surface area contributed by atoms with Gasteiger partial charge >= 0.3 is 0 Å². The normalized spacial score (nSPS) is 23.3. The number of rotatable bonds is 3. The zero-order chi connectivity index (χ0) is 18.0. The fourth-order valence-corrected chi connectivity index (χ4v) is 3.60. The Kier molecular flexibility index (Phi) is 4.44. The van der Waals surface area contributed by atoms with Crippen LogP contribution in [0.4, 0.5) is 5.82 Å². The first kappa shape index (κ1) is 16.8. The quantitative estimate of drug-likeness (QED) is 0.782. The molecule has 0 saturated carbocycles. The zero-order valence-electron chi connectivity index (χ0n) is 14.9. The van der Waals surface area contributed by atoms with Gasteiger partial charge in [-0.3, -0.25) is 9.88 Å². The van der Waals surface area contributed by atoms with Crippen LogP contribution in [-0.4, -0.2) is 41.0 Å². The van der Waals surface area contributed by atoms with Crippen LogP contribution in [0.2, 0.25) is 0 Å². The summed E-state index contributed by atoms with van der Waals surface area (Å²) in [6.07, 6.45) is 8.13. The van der Waals surface area contributed by atoms with Gasteiger partial charge in [-0.15, -0.1) is 0 Å². The maximum Gasteiger partial charge on any atom is 0.154 e. The molecule has 6 nitrogen and oxygen atoms in total. The Morgan fingerprint density at radius 3 is 2.81 bits per heavy atom. The van der Waals surface area contributed by atoms with E-state index in [2.05, 4.69) is 39.6 Å². The third-order valence-corrected chi connectivity index (χ3v) is 4.92. The Morgan fingerprint density at radius 1 is 1.19 bits per heavy atom. The minimum Gasteiger partial charge on any atom is -0.384 e. The number of nitrogens with zero attached hydrogens (tertiary/aromatic N) is 3. The van der Waals surface area contributed by atoms with Gasteiger partial charge in [-0.25, -0.2) is 4.98 Å². The molecule has 6 heteroatoms. The molecule has 4 N–H and O–H groups in total. The number of nitrogens with one attached hydrogen (secondary N) is 2. The van der Waals surface area contributed by atoms with Gasteiger partial charge in [-0.1, -0.05) is 6.07 Å². The second-order valence-electron chi connectivity index (χ2n) is 6.75. The molecule has 0 aliphatic carbocycles. The van der Waals surface area contributed by atoms with Crippen LogP contribution in [0, 0.1) is 6.92 Å². The van der Waals surface area contributed by atoms with Crippen molar-refractivity contribution >= 4 is 11.4 Å². The Morgan fingerprint density at radius 2 is 2.04 bits per heavy atom. The summed E-state index contributed by atoms with van der Waals surface area (Å²) in [7, 11) is 0. The van der Waals surface area contributed by atoms with E-state index in [0.29, 0.717) is 5.82 Å². The number of hydrogen-bond donors (Lipinski definition) is 3. The molecular formula is C20H24N6. The minimum atomic E-state index is -0.496. The van der Waals surface area contributed by atoms with Crippen molar-refractivity contribution in [3.05, 3.63) is 71.8 Å². The van der Waals surface area contributed by atoms with E-state index in [1.807, 2.05) is 36.7 Å². The molecule has 0 bridgehead atoms. The standard InChI is InChI=1S/C20H24N6/c1-15-5-7-23-18(13-15)20(26-11-9-22-10-12-26)14-16(6-8-24-20)17-3-2-4-19(21)25-17/h2-8,13-14,22,24H,9-12H2,1H3,(H2,21,25)/t20-/m0/s1. The molecule has 1 atom stereocenters. The van der Waals surface area contributed by atoms with Crippen LogP contribution >= 0.6 is 0 Å². The van der Waals surface area contributed by atoms with E-state index < -0.39 is 5.66 Å². The number of anilines is 1. The number of dihydropyridines is 1. The van der Waals surface area contributed by atoms with E-state index in [4.69, 9.17) is 10.7 Å². The van der Waals surface area contributed by atoms with Gasteiger partial charge in [0, 0.05) is 37.9 Å². The molecule has 0 radical (unpaired) electrons. The van der Waals surface area contributed by atoms with Crippen LogP contribution in [0.15, 0.2) is 54.9 Å². The lowest BCUT2D eigenvalue weighted by Gasteiger charge is -2.45. The van der Waals surface area contributed by atoms with Crippen LogP contribution in [0.25, 0.3) is 5.57 Å². The van der Waals surface area contributed by atoms with Crippen molar-refractivity contribution in [2.24, 2.45) is 0 Å². The molecular weight excluding hydrogens is 324 g/mol. The molecule has 0 spiro atoms. The van der Waals surface area contributed by atoms with Crippen LogP contribution in [0.1, 0.15) is 17.0 Å². The molecule has 2 aliphatic heterocycles. The van der Waals surface area contributed by atoms with Crippen molar-refractivity contribution in [2.75, 3.05) is 31.9 Å². The predicted octanol–water partition coefficient (Wildman–Crippen LogP) is 1.63. The van der Waals surface area contributed by atoms with E-state index in [1.54, 1.807) is 6.07 Å². The highest BCUT2D eigenvalue weighted by Gasteiger charge is 2.39. The maximum absolute atomic E-state index is 5.90. The fraction of sp³-hybridized carbons (Fsp3) is 0.300. The van der Waals surface area contributed by atoms with Gasteiger partial charge in [-0.05, 0) is 55.1 Å². The number of nitrogen functional groups attached to an aromatic ring is 1. The van der Waals surface area contributed by atoms with Crippen molar-refractivity contribution in [2.45, 2.75) is 12.6 Å². The van der Waals surface area contributed by atoms with Crippen LogP contribution in [0.5, 0.6) is 0 Å². The topological polar surface area (TPSA) is 79.1 Å². The summed E-state index contributed by atoms with van der Waals surface area (Å²) < 4.78 is 0. The van der Waals surface area contributed by atoms with Gasteiger partial charge in [0.1, 0.15) is 5.82 Å². The SMILES string of the molecule is Cc1ccnc([C@@]2(N3CCNCC3)C=C(c3cccc(N)n3)C=CN2)c1. The molecule has 1 saturated heterocycles. The summed E-state index contributed by atoms with van der Waals surface area (Å²) in [5, 5.41) is 7.01. The Hall–Kier alpha value is -2.70. The monoisotopic (exact) mass is 348 g/mol. The van der Waals surface area contributed by atoms with Crippen molar-refractivity contribution < 1.29 is 0 Å². The Labute approximate surface area is 153 Å². The highest BCUT2D eigenvalue weighted by Crippen LogP contribution is 2.33. The second-order valence-corrected chi connectivity index (χ2v) is 6.75. The Bertz CT molecular complexity index is 853. The lowest BCUT2D eigenvalue weighted by molar-refractivity contribution is 0.0888. The summed E-state index contributed by atoms with van der Waals surface area (Å²) >= 11 is 0. The first-order valence-electron chi connectivity index (χ1n) is 8.96. The molecule has 0 unspecified atom stereocenters. The lowest BCUT2D eigenvalue weighted by Crippen LogP contribution is -2.60. The first-order valence-corrected chi connectivity index (χ1v) is 8.96. The van der Waals surface area contributed by atoms with Crippen LogP contribution in [0.3, 0.4) is 0 Å². The Balaban J connectivity index is 1.84. The largest absolute Gasteiger partial charge is 0.384 e. The van der Waals surface area contributed by atoms with E-state index in [-0.39, 0.29) is 0 Å². The number of pyridine rings is 2. The average molecular weight is 348 g/mol. The van der Waals surface area contributed by atoms with Crippen molar-refractivity contribution in [1.82, 2.24) is 25.5 Å². The smallest absolute Gasteiger partial charge is 0.154 e. The molecule has 1 fully saturated rings. The number of aromatic nitrogens is 2. The first-order chi connectivity index (χ1) is 12.7. The summed E-state index contributed by atoms with van der Waals surface area (Å²) in [6.45, 7) is 5.88. The van der Waals surface area contributed by atoms with Crippen LogP contribution < -0.4 is 16.4 Å². The number of piperazine rings is 1. The summed E-state index contributed by atoms with van der Waals surface area (Å²) in [6, 6.07) is 9.91. The molecule has 4 rings (SSSR count). The van der Waals surface area contributed by atoms with Crippen molar-refractivity contribution in [3.8, 4) is 0 Å². The minimum absolute atomic E-state index is 0.496. The number of hydrogen-bond acceptors (Lipinski definition) is 6. The predicted molar refractivity (Wildman–Crippen MR) is 104 cm³/mol. The number of nitrogens with two attached hydrogens (primary N) is 1. The van der Waals surface area contributed by atoms with Gasteiger partial charge in [0.05, 0.1) is 11.4 Å². The van der Waals surface area contributed by atoms with E-state index >= 15 is 0 Å². The van der Waals surface area contributed by atoms with Gasteiger partial charge in [0.25, 0.3) is 0 Å². The average Bonchev–Trinajstić information content (AvgIpc) is 2.69. The molecule has 2 aromatic rings. The molecule has 4 heterocycles.